The molecule has 1 fully saturated rings. The molecule has 0 aliphatic carbocycles. The lowest BCUT2D eigenvalue weighted by Crippen LogP contribution is -2.24. The van der Waals surface area contributed by atoms with Crippen molar-refractivity contribution in [1.82, 2.24) is 10.3 Å². The number of pyridine rings is 1. The lowest BCUT2D eigenvalue weighted by molar-refractivity contribution is -0.116. The largest absolute Gasteiger partial charge is 0.348 e. The van der Waals surface area contributed by atoms with Crippen molar-refractivity contribution in [3.05, 3.63) is 66.0 Å². The Bertz CT molecular complexity index is 862. The molecule has 3 rings (SSSR count). The Balaban J connectivity index is 1.57. The Morgan fingerprint density at radius 2 is 2.04 bits per heavy atom. The number of amides is 1. The molecule has 2 aromatic rings. The average molecular weight is 357 g/mol. The lowest BCUT2D eigenvalue weighted by Gasteiger charge is -2.16. The van der Waals surface area contributed by atoms with Crippen LogP contribution >= 0.6 is 0 Å². The molecule has 1 saturated heterocycles. The SMILES string of the molecule is O=C(/C=C/c1ccc(N2CCCS2(=O)=O)cc1)NCc1cccnc1. The summed E-state index contributed by atoms with van der Waals surface area (Å²) < 4.78 is 25.2. The number of nitrogens with zero attached hydrogens (tertiary/aromatic N) is 2. The number of hydrogen-bond donors (Lipinski definition) is 1. The van der Waals surface area contributed by atoms with E-state index in [0.29, 0.717) is 25.2 Å². The number of hydrogen-bond acceptors (Lipinski definition) is 4. The zero-order chi connectivity index (χ0) is 17.7. The van der Waals surface area contributed by atoms with Crippen LogP contribution in [0.2, 0.25) is 0 Å². The molecule has 25 heavy (non-hydrogen) atoms. The van der Waals surface area contributed by atoms with Gasteiger partial charge in [-0.2, -0.15) is 0 Å². The van der Waals surface area contributed by atoms with E-state index in [1.165, 1.54) is 10.4 Å². The molecule has 1 N–H and O–H groups in total. The van der Waals surface area contributed by atoms with Gasteiger partial charge in [-0.1, -0.05) is 18.2 Å². The smallest absolute Gasteiger partial charge is 0.244 e. The molecule has 0 bridgehead atoms. The zero-order valence-electron chi connectivity index (χ0n) is 13.6. The molecule has 1 aliphatic heterocycles. The Hall–Kier alpha value is -2.67. The van der Waals surface area contributed by atoms with E-state index >= 15 is 0 Å². The van der Waals surface area contributed by atoms with Crippen molar-refractivity contribution >= 4 is 27.7 Å². The average Bonchev–Trinajstić information content (AvgIpc) is 2.98. The first-order valence-electron chi connectivity index (χ1n) is 8.00. The lowest BCUT2D eigenvalue weighted by atomic mass is 10.2. The zero-order valence-corrected chi connectivity index (χ0v) is 14.4. The number of benzene rings is 1. The second kappa shape index (κ2) is 7.48. The minimum absolute atomic E-state index is 0.199. The summed E-state index contributed by atoms with van der Waals surface area (Å²) in [5.41, 5.74) is 2.42. The monoisotopic (exact) mass is 357 g/mol. The molecule has 2 heterocycles. The van der Waals surface area contributed by atoms with E-state index in [2.05, 4.69) is 10.3 Å². The third kappa shape index (κ3) is 4.45. The highest BCUT2D eigenvalue weighted by atomic mass is 32.2. The van der Waals surface area contributed by atoms with Crippen LogP contribution < -0.4 is 9.62 Å². The van der Waals surface area contributed by atoms with Crippen molar-refractivity contribution in [3.63, 3.8) is 0 Å². The summed E-state index contributed by atoms with van der Waals surface area (Å²) in [6, 6.07) is 10.8. The van der Waals surface area contributed by atoms with Gasteiger partial charge in [0.15, 0.2) is 0 Å². The second-order valence-corrected chi connectivity index (χ2v) is 7.76. The number of carbonyl (C=O) groups excluding carboxylic acids is 1. The Morgan fingerprint density at radius 3 is 2.68 bits per heavy atom. The quantitative estimate of drug-likeness (QED) is 0.830. The molecule has 130 valence electrons. The van der Waals surface area contributed by atoms with Gasteiger partial charge in [0.1, 0.15) is 0 Å². The summed E-state index contributed by atoms with van der Waals surface area (Å²) in [5, 5.41) is 2.78. The highest BCUT2D eigenvalue weighted by Gasteiger charge is 2.28. The molecular weight excluding hydrogens is 338 g/mol. The fourth-order valence-electron chi connectivity index (χ4n) is 2.60. The first-order chi connectivity index (χ1) is 12.0. The van der Waals surface area contributed by atoms with Gasteiger partial charge in [-0.3, -0.25) is 14.1 Å². The van der Waals surface area contributed by atoms with E-state index in [1.807, 2.05) is 12.1 Å². The summed E-state index contributed by atoms with van der Waals surface area (Å²) in [7, 11) is -3.17. The third-order valence-corrected chi connectivity index (χ3v) is 5.77. The molecule has 0 spiro atoms. The molecular formula is C18H19N3O3S. The fraction of sp³-hybridized carbons (Fsp3) is 0.222. The van der Waals surface area contributed by atoms with E-state index < -0.39 is 10.0 Å². The minimum atomic E-state index is -3.17. The summed E-state index contributed by atoms with van der Waals surface area (Å²) >= 11 is 0. The highest BCUT2D eigenvalue weighted by molar-refractivity contribution is 7.93. The van der Waals surface area contributed by atoms with Crippen molar-refractivity contribution in [2.75, 3.05) is 16.6 Å². The van der Waals surface area contributed by atoms with Crippen LogP contribution in [0.5, 0.6) is 0 Å². The maximum atomic E-state index is 11.9. The van der Waals surface area contributed by atoms with Gasteiger partial charge in [0, 0.05) is 31.6 Å². The molecule has 6 nitrogen and oxygen atoms in total. The van der Waals surface area contributed by atoms with Crippen molar-refractivity contribution < 1.29 is 13.2 Å². The topological polar surface area (TPSA) is 79.4 Å². The fourth-order valence-corrected chi connectivity index (χ4v) is 4.17. The van der Waals surface area contributed by atoms with Crippen molar-refractivity contribution in [3.8, 4) is 0 Å². The Kier molecular flexibility index (Phi) is 5.14. The van der Waals surface area contributed by atoms with Crippen LogP contribution in [0.25, 0.3) is 6.08 Å². The van der Waals surface area contributed by atoms with E-state index in [0.717, 1.165) is 11.1 Å². The Morgan fingerprint density at radius 1 is 1.24 bits per heavy atom. The predicted octanol–water partition coefficient (Wildman–Crippen LogP) is 1.95. The number of carbonyl (C=O) groups is 1. The van der Waals surface area contributed by atoms with Crippen molar-refractivity contribution in [2.45, 2.75) is 13.0 Å². The number of nitrogens with one attached hydrogen (secondary N) is 1. The molecule has 0 unspecified atom stereocenters. The first kappa shape index (κ1) is 17.2. The number of anilines is 1. The van der Waals surface area contributed by atoms with Crippen LogP contribution in [0.15, 0.2) is 54.9 Å². The minimum Gasteiger partial charge on any atom is -0.348 e. The molecule has 1 aromatic heterocycles. The summed E-state index contributed by atoms with van der Waals surface area (Å²) in [5.74, 6) is 0.00113. The maximum absolute atomic E-state index is 11.9. The summed E-state index contributed by atoms with van der Waals surface area (Å²) in [4.78, 5) is 15.8. The van der Waals surface area contributed by atoms with Crippen LogP contribution in [-0.4, -0.2) is 31.6 Å². The molecule has 1 aliphatic rings. The number of sulfonamides is 1. The molecule has 7 heteroatoms. The highest BCUT2D eigenvalue weighted by Crippen LogP contribution is 2.24. The van der Waals surface area contributed by atoms with Crippen LogP contribution in [0.3, 0.4) is 0 Å². The summed E-state index contributed by atoms with van der Waals surface area (Å²) in [6.45, 7) is 0.942. The molecule has 0 atom stereocenters. The van der Waals surface area contributed by atoms with Crippen molar-refractivity contribution in [2.24, 2.45) is 0 Å². The van der Waals surface area contributed by atoms with E-state index in [4.69, 9.17) is 0 Å². The second-order valence-electron chi connectivity index (χ2n) is 5.75. The normalized spacial score (nSPS) is 16.2. The first-order valence-corrected chi connectivity index (χ1v) is 9.61. The van der Waals surface area contributed by atoms with E-state index in [1.54, 1.807) is 42.7 Å². The van der Waals surface area contributed by atoms with E-state index in [9.17, 15) is 13.2 Å². The van der Waals surface area contributed by atoms with Gasteiger partial charge in [-0.15, -0.1) is 0 Å². The molecule has 0 radical (unpaired) electrons. The van der Waals surface area contributed by atoms with Crippen LogP contribution in [0.4, 0.5) is 5.69 Å². The van der Waals surface area contributed by atoms with Gasteiger partial charge in [-0.25, -0.2) is 8.42 Å². The molecule has 1 aromatic carbocycles. The molecule has 1 amide bonds. The summed E-state index contributed by atoms with van der Waals surface area (Å²) in [6.07, 6.45) is 7.19. The van der Waals surface area contributed by atoms with Crippen LogP contribution in [0, 0.1) is 0 Å². The van der Waals surface area contributed by atoms with Crippen LogP contribution in [-0.2, 0) is 21.4 Å². The third-order valence-electron chi connectivity index (χ3n) is 3.90. The standard InChI is InChI=1S/C18H19N3O3S/c22-18(20-14-16-3-1-10-19-13-16)9-6-15-4-7-17(8-5-15)21-11-2-12-25(21,23)24/h1,3-10,13H,2,11-12,14H2,(H,20,22)/b9-6+. The number of aromatic nitrogens is 1. The van der Waals surface area contributed by atoms with Gasteiger partial charge in [-0.05, 0) is 41.8 Å². The van der Waals surface area contributed by atoms with Gasteiger partial charge >= 0.3 is 0 Å². The van der Waals surface area contributed by atoms with Crippen molar-refractivity contribution in [1.29, 1.82) is 0 Å². The van der Waals surface area contributed by atoms with Crippen LogP contribution in [0.1, 0.15) is 17.5 Å². The number of rotatable bonds is 5. The van der Waals surface area contributed by atoms with Gasteiger partial charge in [0.25, 0.3) is 0 Å². The van der Waals surface area contributed by atoms with Gasteiger partial charge < -0.3 is 5.32 Å². The van der Waals surface area contributed by atoms with Gasteiger partial charge in [0.05, 0.1) is 11.4 Å². The van der Waals surface area contributed by atoms with E-state index in [-0.39, 0.29) is 11.7 Å². The molecule has 0 saturated carbocycles. The van der Waals surface area contributed by atoms with Gasteiger partial charge in [0.2, 0.25) is 15.9 Å². The predicted molar refractivity (Wildman–Crippen MR) is 97.3 cm³/mol. The Labute approximate surface area is 147 Å². The maximum Gasteiger partial charge on any atom is 0.244 e.